The van der Waals surface area contributed by atoms with Gasteiger partial charge < -0.3 is 15.0 Å². The Morgan fingerprint density at radius 2 is 1.96 bits per heavy atom. The lowest BCUT2D eigenvalue weighted by molar-refractivity contribution is -0.149. The lowest BCUT2D eigenvalue weighted by Crippen LogP contribution is -2.40. The van der Waals surface area contributed by atoms with Gasteiger partial charge in [0.1, 0.15) is 0 Å². The number of hydrogen-bond donors (Lipinski definition) is 1. The minimum Gasteiger partial charge on any atom is -0.466 e. The fourth-order valence-corrected chi connectivity index (χ4v) is 3.47. The predicted octanol–water partition coefficient (Wildman–Crippen LogP) is 2.33. The second-order valence-electron chi connectivity index (χ2n) is 7.16. The molecule has 1 aromatic carbocycles. The van der Waals surface area contributed by atoms with E-state index in [1.807, 2.05) is 19.9 Å². The predicted molar refractivity (Wildman–Crippen MR) is 93.4 cm³/mol. The van der Waals surface area contributed by atoms with Crippen LogP contribution in [0.1, 0.15) is 49.5 Å². The number of piperidine rings is 1. The van der Waals surface area contributed by atoms with Gasteiger partial charge in [0.25, 0.3) is 5.91 Å². The number of hydrogen-bond acceptors (Lipinski definition) is 4. The van der Waals surface area contributed by atoms with Crippen LogP contribution in [-0.2, 0) is 19.7 Å². The molecule has 1 saturated heterocycles. The largest absolute Gasteiger partial charge is 0.466 e. The van der Waals surface area contributed by atoms with E-state index in [0.29, 0.717) is 38.1 Å². The number of carbonyl (C=O) groups excluding carboxylic acids is 3. The molecule has 2 aliphatic rings. The summed E-state index contributed by atoms with van der Waals surface area (Å²) in [5.41, 5.74) is 1.57. The molecule has 134 valence electrons. The molecule has 0 bridgehead atoms. The first-order valence-electron chi connectivity index (χ1n) is 8.76. The third-order valence-corrected chi connectivity index (χ3v) is 5.16. The van der Waals surface area contributed by atoms with Gasteiger partial charge in [0.2, 0.25) is 5.91 Å². The molecule has 6 nitrogen and oxygen atoms in total. The van der Waals surface area contributed by atoms with Gasteiger partial charge in [0, 0.05) is 24.3 Å². The van der Waals surface area contributed by atoms with E-state index in [-0.39, 0.29) is 23.7 Å². The number of nitrogens with zero attached hydrogens (tertiary/aromatic N) is 1. The average molecular weight is 344 g/mol. The van der Waals surface area contributed by atoms with Crippen molar-refractivity contribution in [2.75, 3.05) is 25.0 Å². The Labute approximate surface area is 147 Å². The van der Waals surface area contributed by atoms with Crippen molar-refractivity contribution in [1.82, 2.24) is 4.90 Å². The van der Waals surface area contributed by atoms with Crippen LogP contribution in [0.2, 0.25) is 0 Å². The Hall–Kier alpha value is -2.37. The summed E-state index contributed by atoms with van der Waals surface area (Å²) in [6.45, 7) is 6.97. The third kappa shape index (κ3) is 3.13. The molecule has 0 aliphatic carbocycles. The molecule has 0 unspecified atom stereocenters. The summed E-state index contributed by atoms with van der Waals surface area (Å²) in [5.74, 6) is -0.397. The Morgan fingerprint density at radius 1 is 1.28 bits per heavy atom. The van der Waals surface area contributed by atoms with E-state index in [0.717, 1.165) is 11.3 Å². The molecule has 2 amide bonds. The van der Waals surface area contributed by atoms with E-state index in [1.165, 1.54) is 0 Å². The van der Waals surface area contributed by atoms with Crippen LogP contribution in [-0.4, -0.2) is 42.4 Å². The highest BCUT2D eigenvalue weighted by molar-refractivity contribution is 6.07. The van der Waals surface area contributed by atoms with Crippen LogP contribution in [0, 0.1) is 5.92 Å². The number of amides is 2. The number of nitrogens with one attached hydrogen (secondary N) is 1. The molecule has 0 spiro atoms. The van der Waals surface area contributed by atoms with Crippen LogP contribution >= 0.6 is 0 Å². The molecule has 25 heavy (non-hydrogen) atoms. The van der Waals surface area contributed by atoms with Gasteiger partial charge in [0.05, 0.1) is 17.9 Å². The summed E-state index contributed by atoms with van der Waals surface area (Å²) in [6.07, 6.45) is 1.25. The fraction of sp³-hybridized carbons (Fsp3) is 0.526. The first kappa shape index (κ1) is 17.5. The van der Waals surface area contributed by atoms with Gasteiger partial charge in [0.15, 0.2) is 0 Å². The lowest BCUT2D eigenvalue weighted by atomic mass is 9.85. The number of likely N-dealkylation sites (tertiary alicyclic amines) is 1. The summed E-state index contributed by atoms with van der Waals surface area (Å²) in [4.78, 5) is 38.4. The van der Waals surface area contributed by atoms with Crippen LogP contribution in [0.4, 0.5) is 5.69 Å². The van der Waals surface area contributed by atoms with Crippen LogP contribution < -0.4 is 5.32 Å². The highest BCUT2D eigenvalue weighted by Crippen LogP contribution is 2.38. The molecule has 0 aromatic heterocycles. The van der Waals surface area contributed by atoms with Gasteiger partial charge in [-0.05, 0) is 57.4 Å². The van der Waals surface area contributed by atoms with Gasteiger partial charge in [-0.25, -0.2) is 0 Å². The molecule has 1 fully saturated rings. The molecule has 2 heterocycles. The van der Waals surface area contributed by atoms with Crippen LogP contribution in [0.15, 0.2) is 18.2 Å². The van der Waals surface area contributed by atoms with E-state index < -0.39 is 5.41 Å². The molecule has 1 N–H and O–H groups in total. The number of ether oxygens (including phenoxy) is 1. The summed E-state index contributed by atoms with van der Waals surface area (Å²) < 4.78 is 5.06. The SMILES string of the molecule is CCOC(=O)C1CCN(C(=O)c2ccc3c(c2)C(C)(C)C(=O)N3)CC1. The van der Waals surface area contributed by atoms with E-state index in [9.17, 15) is 14.4 Å². The summed E-state index contributed by atoms with van der Waals surface area (Å²) in [7, 11) is 0. The number of anilines is 1. The number of benzene rings is 1. The lowest BCUT2D eigenvalue weighted by Gasteiger charge is -2.31. The van der Waals surface area contributed by atoms with E-state index in [4.69, 9.17) is 4.74 Å². The Morgan fingerprint density at radius 3 is 2.60 bits per heavy atom. The summed E-state index contributed by atoms with van der Waals surface area (Å²) >= 11 is 0. The van der Waals surface area contributed by atoms with Gasteiger partial charge in [-0.3, -0.25) is 14.4 Å². The molecule has 1 aromatic rings. The molecular weight excluding hydrogens is 320 g/mol. The Balaban J connectivity index is 1.70. The van der Waals surface area contributed by atoms with Crippen molar-refractivity contribution in [3.05, 3.63) is 29.3 Å². The van der Waals surface area contributed by atoms with Crippen molar-refractivity contribution < 1.29 is 19.1 Å². The minimum absolute atomic E-state index is 0.0534. The van der Waals surface area contributed by atoms with Crippen molar-refractivity contribution in [3.8, 4) is 0 Å². The molecule has 0 atom stereocenters. The average Bonchev–Trinajstić information content (AvgIpc) is 2.83. The highest BCUT2D eigenvalue weighted by atomic mass is 16.5. The zero-order chi connectivity index (χ0) is 18.2. The molecule has 6 heteroatoms. The second kappa shape index (κ2) is 6.50. The van der Waals surface area contributed by atoms with Gasteiger partial charge >= 0.3 is 5.97 Å². The van der Waals surface area contributed by atoms with Gasteiger partial charge in [-0.1, -0.05) is 0 Å². The smallest absolute Gasteiger partial charge is 0.309 e. The highest BCUT2D eigenvalue weighted by Gasteiger charge is 2.39. The number of esters is 1. The molecular formula is C19H24N2O4. The summed E-state index contributed by atoms with van der Waals surface area (Å²) in [6, 6.07) is 5.36. The van der Waals surface area contributed by atoms with Crippen molar-refractivity contribution in [2.45, 2.75) is 39.0 Å². The van der Waals surface area contributed by atoms with E-state index in [2.05, 4.69) is 5.32 Å². The topological polar surface area (TPSA) is 75.7 Å². The maximum atomic E-state index is 12.8. The van der Waals surface area contributed by atoms with Gasteiger partial charge in [-0.2, -0.15) is 0 Å². The van der Waals surface area contributed by atoms with Crippen molar-refractivity contribution >= 4 is 23.5 Å². The van der Waals surface area contributed by atoms with Crippen molar-refractivity contribution in [2.24, 2.45) is 5.92 Å². The molecule has 3 rings (SSSR count). The number of rotatable bonds is 3. The van der Waals surface area contributed by atoms with Crippen molar-refractivity contribution in [1.29, 1.82) is 0 Å². The number of fused-ring (bicyclic) bond motifs is 1. The van der Waals surface area contributed by atoms with Crippen LogP contribution in [0.25, 0.3) is 0 Å². The quantitative estimate of drug-likeness (QED) is 0.854. The maximum absolute atomic E-state index is 12.8. The van der Waals surface area contributed by atoms with E-state index >= 15 is 0 Å². The minimum atomic E-state index is -0.636. The number of carbonyl (C=O) groups is 3. The first-order chi connectivity index (χ1) is 11.8. The zero-order valence-electron chi connectivity index (χ0n) is 14.9. The first-order valence-corrected chi connectivity index (χ1v) is 8.76. The Bertz CT molecular complexity index is 718. The van der Waals surface area contributed by atoms with Crippen LogP contribution in [0.5, 0.6) is 0 Å². The van der Waals surface area contributed by atoms with E-state index in [1.54, 1.807) is 24.0 Å². The molecule has 0 radical (unpaired) electrons. The normalized spacial score (nSPS) is 19.3. The maximum Gasteiger partial charge on any atom is 0.309 e. The third-order valence-electron chi connectivity index (χ3n) is 5.16. The standard InChI is InChI=1S/C19H24N2O4/c1-4-25-17(23)12-7-9-21(10-8-12)16(22)13-5-6-15-14(11-13)19(2,3)18(24)20-15/h5-6,11-12H,4,7-10H2,1-3H3,(H,20,24). The Kier molecular flexibility index (Phi) is 4.54. The monoisotopic (exact) mass is 344 g/mol. The fourth-order valence-electron chi connectivity index (χ4n) is 3.47. The summed E-state index contributed by atoms with van der Waals surface area (Å²) in [5, 5.41) is 2.85. The zero-order valence-corrected chi connectivity index (χ0v) is 14.9. The van der Waals surface area contributed by atoms with Gasteiger partial charge in [-0.15, -0.1) is 0 Å². The second-order valence-corrected chi connectivity index (χ2v) is 7.16. The van der Waals surface area contributed by atoms with Crippen molar-refractivity contribution in [3.63, 3.8) is 0 Å². The molecule has 0 saturated carbocycles. The van der Waals surface area contributed by atoms with Crippen LogP contribution in [0.3, 0.4) is 0 Å². The molecule has 2 aliphatic heterocycles.